The van der Waals surface area contributed by atoms with Crippen molar-refractivity contribution in [1.29, 1.82) is 5.26 Å². The highest BCUT2D eigenvalue weighted by Gasteiger charge is 2.25. The van der Waals surface area contributed by atoms with Crippen LogP contribution < -0.4 is 5.73 Å². The number of aromatic nitrogens is 2. The van der Waals surface area contributed by atoms with E-state index in [0.29, 0.717) is 0 Å². The van der Waals surface area contributed by atoms with Crippen molar-refractivity contribution in [2.75, 3.05) is 19.3 Å². The molecular formula is C8H13N5O2S. The van der Waals surface area contributed by atoms with Gasteiger partial charge in [-0.15, -0.1) is 0 Å². The second-order valence-corrected chi connectivity index (χ2v) is 5.30. The number of sulfonamides is 1. The SMILES string of the molecule is CN(CCC#N)S(=O)(=O)c1cn(C)nc1N. The molecule has 0 radical (unpaired) electrons. The highest BCUT2D eigenvalue weighted by atomic mass is 32.2. The Balaban J connectivity index is 3.03. The summed E-state index contributed by atoms with van der Waals surface area (Å²) >= 11 is 0. The van der Waals surface area contributed by atoms with Gasteiger partial charge >= 0.3 is 0 Å². The zero-order valence-corrected chi connectivity index (χ0v) is 9.90. The average molecular weight is 243 g/mol. The summed E-state index contributed by atoms with van der Waals surface area (Å²) in [5.74, 6) is -0.0358. The van der Waals surface area contributed by atoms with Crippen molar-refractivity contribution in [3.8, 4) is 6.07 Å². The maximum atomic E-state index is 12.0. The number of hydrogen-bond donors (Lipinski definition) is 1. The molecular weight excluding hydrogens is 230 g/mol. The highest BCUT2D eigenvalue weighted by molar-refractivity contribution is 7.89. The number of nitrogens with two attached hydrogens (primary N) is 1. The molecule has 0 saturated carbocycles. The number of nitrogen functional groups attached to an aromatic ring is 1. The molecule has 0 aliphatic heterocycles. The molecule has 1 aromatic rings. The lowest BCUT2D eigenvalue weighted by Gasteiger charge is -2.14. The molecule has 1 heterocycles. The normalized spacial score (nSPS) is 11.6. The lowest BCUT2D eigenvalue weighted by molar-refractivity contribution is 0.476. The minimum absolute atomic E-state index is 0.0320. The van der Waals surface area contributed by atoms with Crippen molar-refractivity contribution in [3.63, 3.8) is 0 Å². The Hall–Kier alpha value is -1.59. The molecule has 0 saturated heterocycles. The van der Waals surface area contributed by atoms with E-state index in [-0.39, 0.29) is 23.7 Å². The van der Waals surface area contributed by atoms with Crippen molar-refractivity contribution >= 4 is 15.8 Å². The highest BCUT2D eigenvalue weighted by Crippen LogP contribution is 2.19. The monoisotopic (exact) mass is 243 g/mol. The van der Waals surface area contributed by atoms with Crippen LogP contribution in [0.5, 0.6) is 0 Å². The van der Waals surface area contributed by atoms with Gasteiger partial charge in [-0.2, -0.15) is 14.7 Å². The third-order valence-electron chi connectivity index (χ3n) is 2.05. The van der Waals surface area contributed by atoms with Crippen LogP contribution in [0.2, 0.25) is 0 Å². The Morgan fingerprint density at radius 1 is 1.69 bits per heavy atom. The Morgan fingerprint density at radius 3 is 2.75 bits per heavy atom. The predicted octanol–water partition coefficient (Wildman–Crippen LogP) is -0.464. The Kier molecular flexibility index (Phi) is 3.51. The van der Waals surface area contributed by atoms with Gasteiger partial charge in [0.1, 0.15) is 4.90 Å². The molecule has 2 N–H and O–H groups in total. The second-order valence-electron chi connectivity index (χ2n) is 3.29. The first-order chi connectivity index (χ1) is 7.39. The van der Waals surface area contributed by atoms with Crippen LogP contribution in [0.15, 0.2) is 11.1 Å². The van der Waals surface area contributed by atoms with Crippen LogP contribution in [-0.2, 0) is 17.1 Å². The summed E-state index contributed by atoms with van der Waals surface area (Å²) in [6.45, 7) is 0.132. The predicted molar refractivity (Wildman–Crippen MR) is 57.7 cm³/mol. The lowest BCUT2D eigenvalue weighted by Crippen LogP contribution is -2.28. The van der Waals surface area contributed by atoms with Gasteiger partial charge < -0.3 is 5.73 Å². The van der Waals surface area contributed by atoms with Crippen molar-refractivity contribution in [2.45, 2.75) is 11.3 Å². The molecule has 0 atom stereocenters. The average Bonchev–Trinajstić information content (AvgIpc) is 2.54. The van der Waals surface area contributed by atoms with E-state index in [1.54, 1.807) is 7.05 Å². The summed E-state index contributed by atoms with van der Waals surface area (Å²) in [7, 11) is -0.657. The van der Waals surface area contributed by atoms with E-state index in [2.05, 4.69) is 5.10 Å². The number of rotatable bonds is 4. The zero-order valence-electron chi connectivity index (χ0n) is 9.08. The van der Waals surface area contributed by atoms with Gasteiger partial charge in [0.2, 0.25) is 10.0 Å². The fourth-order valence-corrected chi connectivity index (χ4v) is 2.44. The van der Waals surface area contributed by atoms with Crippen LogP contribution in [0.25, 0.3) is 0 Å². The van der Waals surface area contributed by atoms with Gasteiger partial charge in [-0.25, -0.2) is 8.42 Å². The van der Waals surface area contributed by atoms with E-state index in [0.717, 1.165) is 4.31 Å². The van der Waals surface area contributed by atoms with Crippen LogP contribution in [0, 0.1) is 11.3 Å². The summed E-state index contributed by atoms with van der Waals surface area (Å²) in [4.78, 5) is -0.0320. The van der Waals surface area contributed by atoms with Crippen molar-refractivity contribution in [3.05, 3.63) is 6.20 Å². The minimum Gasteiger partial charge on any atom is -0.381 e. The van der Waals surface area contributed by atoms with Crippen molar-refractivity contribution in [2.24, 2.45) is 7.05 Å². The molecule has 1 rings (SSSR count). The lowest BCUT2D eigenvalue weighted by atomic mass is 10.5. The molecule has 8 heteroatoms. The summed E-state index contributed by atoms with van der Waals surface area (Å²) in [5.41, 5.74) is 5.49. The Labute approximate surface area is 94.1 Å². The Bertz CT molecular complexity index is 513. The number of anilines is 1. The first kappa shape index (κ1) is 12.5. The van der Waals surface area contributed by atoms with E-state index in [4.69, 9.17) is 11.0 Å². The smallest absolute Gasteiger partial charge is 0.248 e. The largest absolute Gasteiger partial charge is 0.381 e. The first-order valence-electron chi connectivity index (χ1n) is 4.52. The van der Waals surface area contributed by atoms with Crippen molar-refractivity contribution < 1.29 is 8.42 Å². The van der Waals surface area contributed by atoms with Gasteiger partial charge in [-0.05, 0) is 0 Å². The number of nitrogens with zero attached hydrogens (tertiary/aromatic N) is 4. The maximum absolute atomic E-state index is 12.0. The van der Waals surface area contributed by atoms with E-state index >= 15 is 0 Å². The van der Waals surface area contributed by atoms with Crippen LogP contribution in [0.1, 0.15) is 6.42 Å². The molecule has 16 heavy (non-hydrogen) atoms. The van der Waals surface area contributed by atoms with Gasteiger partial charge in [0, 0.05) is 33.3 Å². The molecule has 0 bridgehead atoms. The summed E-state index contributed by atoms with van der Waals surface area (Å²) in [6.07, 6.45) is 1.48. The molecule has 0 unspecified atom stereocenters. The molecule has 0 fully saturated rings. The third-order valence-corrected chi connectivity index (χ3v) is 3.92. The molecule has 0 aromatic carbocycles. The number of nitriles is 1. The van der Waals surface area contributed by atoms with E-state index in [9.17, 15) is 8.42 Å². The standard InChI is InChI=1S/C8H13N5O2S/c1-12-6-7(8(10)11-12)16(14,15)13(2)5-3-4-9/h6H,3,5H2,1-2H3,(H2,10,11). The third kappa shape index (κ3) is 2.32. The maximum Gasteiger partial charge on any atom is 0.248 e. The van der Waals surface area contributed by atoms with Gasteiger partial charge in [0.05, 0.1) is 6.07 Å². The fraction of sp³-hybridized carbons (Fsp3) is 0.500. The summed E-state index contributed by atoms with van der Waals surface area (Å²) < 4.78 is 26.3. The van der Waals surface area contributed by atoms with Gasteiger partial charge in [0.25, 0.3) is 0 Å². The topological polar surface area (TPSA) is 105 Å². The molecule has 7 nitrogen and oxygen atoms in total. The molecule has 0 aliphatic carbocycles. The summed E-state index contributed by atoms with van der Waals surface area (Å²) in [6, 6.07) is 1.88. The number of aryl methyl sites for hydroxylation is 1. The molecule has 0 spiro atoms. The van der Waals surface area contributed by atoms with Gasteiger partial charge in [-0.3, -0.25) is 4.68 Å². The van der Waals surface area contributed by atoms with Crippen LogP contribution >= 0.6 is 0 Å². The van der Waals surface area contributed by atoms with Crippen LogP contribution in [-0.4, -0.2) is 36.1 Å². The summed E-state index contributed by atoms with van der Waals surface area (Å²) in [5, 5.41) is 12.2. The van der Waals surface area contributed by atoms with E-state index in [1.807, 2.05) is 6.07 Å². The minimum atomic E-state index is -3.65. The van der Waals surface area contributed by atoms with E-state index in [1.165, 1.54) is 17.9 Å². The van der Waals surface area contributed by atoms with Crippen LogP contribution in [0.4, 0.5) is 5.82 Å². The molecule has 0 amide bonds. The number of hydrogen-bond acceptors (Lipinski definition) is 5. The van der Waals surface area contributed by atoms with Gasteiger partial charge in [0.15, 0.2) is 5.82 Å². The van der Waals surface area contributed by atoms with E-state index < -0.39 is 10.0 Å². The zero-order chi connectivity index (χ0) is 12.3. The van der Waals surface area contributed by atoms with Gasteiger partial charge in [-0.1, -0.05) is 0 Å². The quantitative estimate of drug-likeness (QED) is 0.770. The molecule has 88 valence electrons. The fourth-order valence-electron chi connectivity index (χ4n) is 1.18. The Morgan fingerprint density at radius 2 is 2.31 bits per heavy atom. The first-order valence-corrected chi connectivity index (χ1v) is 5.96. The van der Waals surface area contributed by atoms with Crippen LogP contribution in [0.3, 0.4) is 0 Å². The molecule has 0 aliphatic rings. The van der Waals surface area contributed by atoms with Crippen molar-refractivity contribution in [1.82, 2.24) is 14.1 Å². The molecule has 1 aromatic heterocycles. The second kappa shape index (κ2) is 4.51.